The first-order chi connectivity index (χ1) is 12.1. The van der Waals surface area contributed by atoms with Crippen molar-refractivity contribution in [3.05, 3.63) is 34.9 Å². The Bertz CT molecular complexity index is 620. The molecule has 2 fully saturated rings. The van der Waals surface area contributed by atoms with Gasteiger partial charge >= 0.3 is 0 Å². The van der Waals surface area contributed by atoms with Crippen LogP contribution in [0.3, 0.4) is 0 Å². The molecule has 2 amide bonds. The van der Waals surface area contributed by atoms with Gasteiger partial charge in [0, 0.05) is 42.8 Å². The van der Waals surface area contributed by atoms with Crippen molar-refractivity contribution in [2.24, 2.45) is 11.7 Å². The zero-order valence-corrected chi connectivity index (χ0v) is 15.3. The average Bonchev–Trinajstić information content (AvgIpc) is 2.67. The van der Waals surface area contributed by atoms with Crippen molar-refractivity contribution in [1.82, 2.24) is 9.80 Å². The Morgan fingerprint density at radius 3 is 2.56 bits per heavy atom. The molecule has 0 aliphatic carbocycles. The van der Waals surface area contributed by atoms with E-state index in [0.717, 1.165) is 38.6 Å². The van der Waals surface area contributed by atoms with Crippen molar-refractivity contribution < 1.29 is 9.59 Å². The van der Waals surface area contributed by atoms with Gasteiger partial charge in [-0.05, 0) is 56.4 Å². The fraction of sp³-hybridized carbons (Fsp3) is 0.579. The number of carbonyl (C=O) groups is 2. The maximum atomic E-state index is 13.0. The third kappa shape index (κ3) is 4.15. The molecule has 2 atom stereocenters. The van der Waals surface area contributed by atoms with Gasteiger partial charge < -0.3 is 15.5 Å². The van der Waals surface area contributed by atoms with Crippen LogP contribution in [-0.2, 0) is 4.79 Å². The molecule has 0 spiro atoms. The number of likely N-dealkylation sites (tertiary alicyclic amines) is 2. The smallest absolute Gasteiger partial charge is 0.253 e. The van der Waals surface area contributed by atoms with E-state index in [9.17, 15) is 9.59 Å². The third-order valence-electron chi connectivity index (χ3n) is 5.33. The van der Waals surface area contributed by atoms with E-state index in [0.29, 0.717) is 30.2 Å². The van der Waals surface area contributed by atoms with Crippen molar-refractivity contribution >= 4 is 23.4 Å². The summed E-state index contributed by atoms with van der Waals surface area (Å²) in [7, 11) is 0. The van der Waals surface area contributed by atoms with Crippen LogP contribution >= 0.6 is 11.6 Å². The first kappa shape index (κ1) is 18.2. The summed E-state index contributed by atoms with van der Waals surface area (Å²) in [5.74, 6) is 0.0316. The number of halogens is 1. The van der Waals surface area contributed by atoms with Gasteiger partial charge in [0.2, 0.25) is 5.91 Å². The Hall–Kier alpha value is -1.59. The number of nitrogens with zero attached hydrogens (tertiary/aromatic N) is 2. The first-order valence-corrected chi connectivity index (χ1v) is 9.53. The Morgan fingerprint density at radius 2 is 1.84 bits per heavy atom. The van der Waals surface area contributed by atoms with Crippen molar-refractivity contribution in [2.45, 2.75) is 38.1 Å². The lowest BCUT2D eigenvalue weighted by Crippen LogP contribution is -2.53. The van der Waals surface area contributed by atoms with E-state index >= 15 is 0 Å². The lowest BCUT2D eigenvalue weighted by Gasteiger charge is -2.40. The molecular formula is C19H26ClN3O2. The van der Waals surface area contributed by atoms with Gasteiger partial charge in [-0.2, -0.15) is 0 Å². The molecule has 25 heavy (non-hydrogen) atoms. The number of piperidine rings is 2. The highest BCUT2D eigenvalue weighted by molar-refractivity contribution is 6.30. The van der Waals surface area contributed by atoms with Gasteiger partial charge in [-0.1, -0.05) is 11.6 Å². The second-order valence-electron chi connectivity index (χ2n) is 7.01. The Balaban J connectivity index is 1.67. The van der Waals surface area contributed by atoms with Crippen molar-refractivity contribution in [3.8, 4) is 0 Å². The number of hydrogen-bond acceptors (Lipinski definition) is 3. The van der Waals surface area contributed by atoms with Gasteiger partial charge in [-0.15, -0.1) is 0 Å². The van der Waals surface area contributed by atoms with Crippen molar-refractivity contribution in [1.29, 1.82) is 0 Å². The molecule has 2 saturated heterocycles. The third-order valence-corrected chi connectivity index (χ3v) is 5.58. The minimum atomic E-state index is -0.114. The Morgan fingerprint density at radius 1 is 1.08 bits per heavy atom. The maximum Gasteiger partial charge on any atom is 0.253 e. The lowest BCUT2D eigenvalue weighted by atomic mass is 9.93. The monoisotopic (exact) mass is 363 g/mol. The highest BCUT2D eigenvalue weighted by Crippen LogP contribution is 2.25. The Labute approximate surface area is 154 Å². The summed E-state index contributed by atoms with van der Waals surface area (Å²) < 4.78 is 0. The van der Waals surface area contributed by atoms with E-state index < -0.39 is 0 Å². The molecule has 0 aromatic heterocycles. The van der Waals surface area contributed by atoms with Crippen LogP contribution in [-0.4, -0.2) is 53.8 Å². The molecular weight excluding hydrogens is 338 g/mol. The number of benzene rings is 1. The minimum absolute atomic E-state index is 0.0248. The predicted octanol–water partition coefficient (Wildman–Crippen LogP) is 2.53. The second-order valence-corrected chi connectivity index (χ2v) is 7.45. The number of rotatable bonds is 3. The molecule has 1 aromatic rings. The summed E-state index contributed by atoms with van der Waals surface area (Å²) in [6.07, 6.45) is 4.87. The van der Waals surface area contributed by atoms with Crippen LogP contribution < -0.4 is 5.73 Å². The molecule has 1 aromatic carbocycles. The molecule has 2 unspecified atom stereocenters. The first-order valence-electron chi connectivity index (χ1n) is 9.15. The van der Waals surface area contributed by atoms with Crippen LogP contribution in [0.25, 0.3) is 0 Å². The summed E-state index contributed by atoms with van der Waals surface area (Å²) in [6.45, 7) is 2.51. The normalized spacial score (nSPS) is 24.2. The second kappa shape index (κ2) is 8.19. The van der Waals surface area contributed by atoms with Crippen molar-refractivity contribution in [3.63, 3.8) is 0 Å². The summed E-state index contributed by atoms with van der Waals surface area (Å²) in [5.41, 5.74) is 6.48. The maximum absolute atomic E-state index is 13.0. The quantitative estimate of drug-likeness (QED) is 0.897. The average molecular weight is 364 g/mol. The molecule has 3 rings (SSSR count). The van der Waals surface area contributed by atoms with Gasteiger partial charge in [-0.3, -0.25) is 9.59 Å². The number of carbonyl (C=O) groups excluding carboxylic acids is 2. The zero-order valence-electron chi connectivity index (χ0n) is 14.5. The summed E-state index contributed by atoms with van der Waals surface area (Å²) in [4.78, 5) is 29.5. The van der Waals surface area contributed by atoms with E-state index in [1.54, 1.807) is 29.2 Å². The van der Waals surface area contributed by atoms with Gasteiger partial charge in [0.25, 0.3) is 5.91 Å². The zero-order chi connectivity index (χ0) is 17.8. The lowest BCUT2D eigenvalue weighted by molar-refractivity contribution is -0.140. The van der Waals surface area contributed by atoms with Gasteiger partial charge in [0.15, 0.2) is 0 Å². The molecule has 2 aliphatic heterocycles. The molecule has 5 nitrogen and oxygen atoms in total. The van der Waals surface area contributed by atoms with E-state index in [2.05, 4.69) is 0 Å². The molecule has 6 heteroatoms. The standard InChI is InChI=1S/C19H26ClN3O2/c20-16-8-6-14(7-9-16)18(24)22-10-3-4-15(13-22)19(25)23-11-2-1-5-17(23)12-21/h6-9,15,17H,1-5,10-13,21H2. The summed E-state index contributed by atoms with van der Waals surface area (Å²) in [5, 5.41) is 0.612. The minimum Gasteiger partial charge on any atom is -0.338 e. The van der Waals surface area contributed by atoms with Crippen LogP contribution in [0.2, 0.25) is 5.02 Å². The number of hydrogen-bond donors (Lipinski definition) is 1. The molecule has 2 aliphatic rings. The fourth-order valence-electron chi connectivity index (χ4n) is 3.91. The molecule has 2 N–H and O–H groups in total. The van der Waals surface area contributed by atoms with E-state index in [-0.39, 0.29) is 23.8 Å². The molecule has 0 bridgehead atoms. The molecule has 0 radical (unpaired) electrons. The topological polar surface area (TPSA) is 66.6 Å². The fourth-order valence-corrected chi connectivity index (χ4v) is 4.03. The largest absolute Gasteiger partial charge is 0.338 e. The highest BCUT2D eigenvalue weighted by atomic mass is 35.5. The molecule has 0 saturated carbocycles. The number of nitrogens with two attached hydrogens (primary N) is 1. The van der Waals surface area contributed by atoms with E-state index in [1.807, 2.05) is 4.90 Å². The van der Waals surface area contributed by atoms with Crippen molar-refractivity contribution in [2.75, 3.05) is 26.2 Å². The SMILES string of the molecule is NCC1CCCCN1C(=O)C1CCCN(C(=O)c2ccc(Cl)cc2)C1. The Kier molecular flexibility index (Phi) is 5.97. The van der Waals surface area contributed by atoms with Crippen LogP contribution in [0.5, 0.6) is 0 Å². The number of amides is 2. The predicted molar refractivity (Wildman–Crippen MR) is 98.5 cm³/mol. The summed E-state index contributed by atoms with van der Waals surface area (Å²) in [6, 6.07) is 7.08. The van der Waals surface area contributed by atoms with Crippen LogP contribution in [0, 0.1) is 5.92 Å². The molecule has 136 valence electrons. The van der Waals surface area contributed by atoms with Crippen LogP contribution in [0.15, 0.2) is 24.3 Å². The van der Waals surface area contributed by atoms with Gasteiger partial charge in [-0.25, -0.2) is 0 Å². The highest BCUT2D eigenvalue weighted by Gasteiger charge is 2.34. The van der Waals surface area contributed by atoms with Gasteiger partial charge in [0.1, 0.15) is 0 Å². The van der Waals surface area contributed by atoms with Crippen LogP contribution in [0.4, 0.5) is 0 Å². The van der Waals surface area contributed by atoms with Gasteiger partial charge in [0.05, 0.1) is 5.92 Å². The molecule has 2 heterocycles. The summed E-state index contributed by atoms with van der Waals surface area (Å²) >= 11 is 5.89. The van der Waals surface area contributed by atoms with E-state index in [1.165, 1.54) is 0 Å². The van der Waals surface area contributed by atoms with Crippen LogP contribution in [0.1, 0.15) is 42.5 Å². The van der Waals surface area contributed by atoms with E-state index in [4.69, 9.17) is 17.3 Å².